The molecule has 5 heterocycles. The molecule has 0 N–H and O–H groups in total. The second-order valence-corrected chi connectivity index (χ2v) is 12.2. The van der Waals surface area contributed by atoms with Gasteiger partial charge in [-0.25, -0.2) is 27.5 Å². The molecule has 1 saturated heterocycles. The van der Waals surface area contributed by atoms with Crippen molar-refractivity contribution >= 4 is 22.8 Å². The SMILES string of the molecule is C=CC(=O)N1C[C@H](C)N(c2nc(=O)n3c4nc(c(F)cc24)-c2c(F)ccc(F)c2OC[C@H](CC)Oc2ccnc(C(C)C)c2-3)C[C@H]1C. The summed E-state index contributed by atoms with van der Waals surface area (Å²) in [5.41, 5.74) is -1.15. The Morgan fingerprint density at radius 2 is 1.83 bits per heavy atom. The van der Waals surface area contributed by atoms with E-state index in [2.05, 4.69) is 21.5 Å². The Hall–Kier alpha value is -4.94. The fourth-order valence-electron chi connectivity index (χ4n) is 6.23. The summed E-state index contributed by atoms with van der Waals surface area (Å²) in [6.45, 7) is 13.3. The fourth-order valence-corrected chi connectivity index (χ4v) is 6.23. The number of amides is 1. The van der Waals surface area contributed by atoms with Crippen molar-refractivity contribution in [2.75, 3.05) is 24.6 Å². The number of carbonyl (C=O) groups excluding carboxylic acids is 1. The lowest BCUT2D eigenvalue weighted by molar-refractivity contribution is -0.128. The van der Waals surface area contributed by atoms with E-state index in [9.17, 15) is 9.59 Å². The van der Waals surface area contributed by atoms with Gasteiger partial charge >= 0.3 is 5.69 Å². The number of benzene rings is 1. The number of aromatic nitrogens is 4. The molecule has 2 aliphatic rings. The van der Waals surface area contributed by atoms with Crippen LogP contribution in [0, 0.1) is 17.5 Å². The first-order chi connectivity index (χ1) is 22.4. The third-order valence-electron chi connectivity index (χ3n) is 8.66. The molecule has 3 atom stereocenters. The molecule has 3 aromatic heterocycles. The molecule has 10 nitrogen and oxygen atoms in total. The van der Waals surface area contributed by atoms with Crippen LogP contribution in [0.25, 0.3) is 28.0 Å². The third-order valence-corrected chi connectivity index (χ3v) is 8.66. The van der Waals surface area contributed by atoms with Gasteiger partial charge in [0.05, 0.1) is 16.6 Å². The number of ether oxygens (including phenoxy) is 2. The lowest BCUT2D eigenvalue weighted by Gasteiger charge is -2.44. The minimum Gasteiger partial charge on any atom is -0.486 e. The van der Waals surface area contributed by atoms with Crippen LogP contribution >= 0.6 is 0 Å². The Morgan fingerprint density at radius 1 is 1.09 bits per heavy atom. The molecule has 0 unspecified atom stereocenters. The van der Waals surface area contributed by atoms with E-state index in [4.69, 9.17) is 9.47 Å². The maximum Gasteiger partial charge on any atom is 0.356 e. The van der Waals surface area contributed by atoms with Gasteiger partial charge in [-0.1, -0.05) is 27.4 Å². The lowest BCUT2D eigenvalue weighted by atomic mass is 10.0. The number of pyridine rings is 2. The van der Waals surface area contributed by atoms with E-state index >= 15 is 13.2 Å². The van der Waals surface area contributed by atoms with Crippen LogP contribution in [-0.4, -0.2) is 68.2 Å². The number of anilines is 1. The zero-order valence-corrected chi connectivity index (χ0v) is 26.8. The number of nitrogens with zero attached hydrogens (tertiary/aromatic N) is 6. The second-order valence-electron chi connectivity index (χ2n) is 12.2. The van der Waals surface area contributed by atoms with Crippen LogP contribution in [0.3, 0.4) is 0 Å². The van der Waals surface area contributed by atoms with Gasteiger partial charge in [0, 0.05) is 37.4 Å². The van der Waals surface area contributed by atoms with Gasteiger partial charge in [0.2, 0.25) is 5.91 Å². The molecule has 2 bridgehead atoms. The highest BCUT2D eigenvalue weighted by atomic mass is 19.1. The summed E-state index contributed by atoms with van der Waals surface area (Å²) in [4.78, 5) is 43.9. The van der Waals surface area contributed by atoms with Crippen LogP contribution in [-0.2, 0) is 4.79 Å². The van der Waals surface area contributed by atoms with Gasteiger partial charge in [0.1, 0.15) is 41.5 Å². The molecule has 1 amide bonds. The minimum absolute atomic E-state index is 0.0659. The number of rotatable bonds is 4. The highest BCUT2D eigenvalue weighted by Gasteiger charge is 2.35. The summed E-state index contributed by atoms with van der Waals surface area (Å²) in [5.74, 6) is -3.41. The van der Waals surface area contributed by atoms with Crippen molar-refractivity contribution in [3.05, 3.63) is 76.7 Å². The molecule has 246 valence electrons. The van der Waals surface area contributed by atoms with Gasteiger partial charge in [0.15, 0.2) is 23.0 Å². The van der Waals surface area contributed by atoms with Crippen LogP contribution < -0.4 is 20.1 Å². The molecule has 13 heteroatoms. The Morgan fingerprint density at radius 3 is 2.53 bits per heavy atom. The first kappa shape index (κ1) is 32.0. The molecule has 6 rings (SSSR count). The number of piperazine rings is 1. The van der Waals surface area contributed by atoms with Crippen molar-refractivity contribution in [3.63, 3.8) is 0 Å². The van der Waals surface area contributed by atoms with Crippen molar-refractivity contribution < 1.29 is 27.4 Å². The monoisotopic (exact) mass is 648 g/mol. The molecule has 1 fully saturated rings. The van der Waals surface area contributed by atoms with E-state index in [0.717, 1.165) is 18.2 Å². The zero-order chi connectivity index (χ0) is 33.7. The smallest absolute Gasteiger partial charge is 0.356 e. The van der Waals surface area contributed by atoms with Gasteiger partial charge in [0.25, 0.3) is 0 Å². The van der Waals surface area contributed by atoms with Gasteiger partial charge in [-0.2, -0.15) is 4.98 Å². The van der Waals surface area contributed by atoms with E-state index in [1.807, 2.05) is 39.5 Å². The van der Waals surface area contributed by atoms with E-state index in [1.54, 1.807) is 17.2 Å². The molecule has 0 spiro atoms. The molecule has 0 saturated carbocycles. The Balaban J connectivity index is 1.72. The largest absolute Gasteiger partial charge is 0.486 e. The van der Waals surface area contributed by atoms with Crippen molar-refractivity contribution in [1.82, 2.24) is 24.4 Å². The van der Waals surface area contributed by atoms with Crippen LogP contribution in [0.4, 0.5) is 19.0 Å². The molecule has 47 heavy (non-hydrogen) atoms. The van der Waals surface area contributed by atoms with E-state index in [-0.39, 0.29) is 71.9 Å². The van der Waals surface area contributed by atoms with Gasteiger partial charge in [-0.3, -0.25) is 9.78 Å². The molecular weight excluding hydrogens is 613 g/mol. The topological polar surface area (TPSA) is 103 Å². The standard InChI is InChI=1S/C34H35F3N6O4/c1-7-20-16-46-31-23(36)10-9-22(35)27(31)29-24(37)13-21-32(42-15-18(5)41(14-19(42)6)26(44)8-2)40-34(45)43(33(21)39-29)30-25(47-20)11-12-38-28(30)17(3)4/h8-13,17-20H,2,7,14-16H2,1,3-6H3/t18-,19+,20+/m1/s1. The highest BCUT2D eigenvalue weighted by Crippen LogP contribution is 2.40. The van der Waals surface area contributed by atoms with Crippen LogP contribution in [0.2, 0.25) is 0 Å². The summed E-state index contributed by atoms with van der Waals surface area (Å²) in [5, 5.41) is 0.140. The molecule has 0 aliphatic carbocycles. The average Bonchev–Trinajstić information content (AvgIpc) is 3.04. The number of hydrogen-bond donors (Lipinski definition) is 0. The first-order valence-corrected chi connectivity index (χ1v) is 15.5. The summed E-state index contributed by atoms with van der Waals surface area (Å²) >= 11 is 0. The fraction of sp³-hybridized carbons (Fsp3) is 0.382. The third kappa shape index (κ3) is 5.47. The predicted molar refractivity (Wildman–Crippen MR) is 171 cm³/mol. The van der Waals surface area contributed by atoms with Crippen molar-refractivity contribution in [1.29, 1.82) is 0 Å². The van der Waals surface area contributed by atoms with Crippen molar-refractivity contribution in [2.45, 2.75) is 65.1 Å². The Kier molecular flexibility index (Phi) is 8.41. The van der Waals surface area contributed by atoms with Gasteiger partial charge in [-0.15, -0.1) is 0 Å². The maximum atomic E-state index is 16.3. The summed E-state index contributed by atoms with van der Waals surface area (Å²) < 4.78 is 60.5. The number of fused-ring (bicyclic) bond motifs is 5. The van der Waals surface area contributed by atoms with Crippen molar-refractivity contribution in [3.8, 4) is 28.4 Å². The minimum atomic E-state index is -0.975. The Labute approximate surface area is 269 Å². The molecule has 1 aromatic carbocycles. The number of hydrogen-bond acceptors (Lipinski definition) is 8. The van der Waals surface area contributed by atoms with E-state index in [1.165, 1.54) is 10.6 Å². The zero-order valence-electron chi connectivity index (χ0n) is 26.8. The number of carbonyl (C=O) groups is 1. The second kappa shape index (κ2) is 12.3. The lowest BCUT2D eigenvalue weighted by Crippen LogP contribution is -2.58. The van der Waals surface area contributed by atoms with Crippen LogP contribution in [0.15, 0.2) is 47.9 Å². The van der Waals surface area contributed by atoms with Crippen LogP contribution in [0.5, 0.6) is 11.5 Å². The quantitative estimate of drug-likeness (QED) is 0.266. The molecular formula is C34H35F3N6O4. The average molecular weight is 649 g/mol. The van der Waals surface area contributed by atoms with Crippen molar-refractivity contribution in [2.24, 2.45) is 0 Å². The van der Waals surface area contributed by atoms with E-state index < -0.39 is 46.3 Å². The summed E-state index contributed by atoms with van der Waals surface area (Å²) in [7, 11) is 0. The maximum absolute atomic E-state index is 16.3. The Bertz CT molecular complexity index is 1970. The number of halogens is 3. The molecule has 4 aromatic rings. The first-order valence-electron chi connectivity index (χ1n) is 15.5. The molecule has 2 aliphatic heterocycles. The normalized spacial score (nSPS) is 19.4. The summed E-state index contributed by atoms with van der Waals surface area (Å²) in [6, 6.07) is 3.84. The van der Waals surface area contributed by atoms with Gasteiger partial charge in [-0.05, 0) is 50.5 Å². The predicted octanol–water partition coefficient (Wildman–Crippen LogP) is 5.54. The molecule has 0 radical (unpaired) electrons. The highest BCUT2D eigenvalue weighted by molar-refractivity contribution is 5.92. The van der Waals surface area contributed by atoms with Crippen LogP contribution in [0.1, 0.15) is 52.7 Å². The van der Waals surface area contributed by atoms with Gasteiger partial charge < -0.3 is 19.3 Å². The van der Waals surface area contributed by atoms with E-state index in [0.29, 0.717) is 12.1 Å². The summed E-state index contributed by atoms with van der Waals surface area (Å²) in [6.07, 6.45) is 2.53.